The lowest BCUT2D eigenvalue weighted by Crippen LogP contribution is -2.23. The second kappa shape index (κ2) is 12.4. The number of carbonyl (C=O) groups is 1. The fraction of sp³-hybridized carbons (Fsp3) is 0.367. The van der Waals surface area contributed by atoms with Crippen molar-refractivity contribution in [1.82, 2.24) is 4.90 Å². The van der Waals surface area contributed by atoms with Crippen molar-refractivity contribution in [3.63, 3.8) is 0 Å². The standard InChI is InChI=1S/C30H39N3O2/c1-21(2)26-13-10-14-27(22(3)4)29(26)32-30(34)35-20-28(24-11-8-7-9-12-24)31-25-17-15-23(16-18-25)19-33(5)6/h7-18,21-22,28,31H,19-20H2,1-6H3,(H,32,34)/t28-/m0/s1. The summed E-state index contributed by atoms with van der Waals surface area (Å²) in [5.74, 6) is 0.580. The topological polar surface area (TPSA) is 53.6 Å². The van der Waals surface area contributed by atoms with E-state index in [-0.39, 0.29) is 12.6 Å². The first-order valence-corrected chi connectivity index (χ1v) is 12.4. The summed E-state index contributed by atoms with van der Waals surface area (Å²) in [6, 6.07) is 24.5. The summed E-state index contributed by atoms with van der Waals surface area (Å²) in [7, 11) is 4.12. The molecule has 1 amide bonds. The molecule has 0 aromatic heterocycles. The van der Waals surface area contributed by atoms with Crippen molar-refractivity contribution >= 4 is 17.5 Å². The predicted molar refractivity (Wildman–Crippen MR) is 146 cm³/mol. The Bertz CT molecular complexity index is 1050. The average molecular weight is 474 g/mol. The van der Waals surface area contributed by atoms with Crippen molar-refractivity contribution in [1.29, 1.82) is 0 Å². The maximum absolute atomic E-state index is 12.9. The first-order chi connectivity index (χ1) is 16.7. The zero-order valence-corrected chi connectivity index (χ0v) is 21.8. The van der Waals surface area contributed by atoms with Gasteiger partial charge in [-0.3, -0.25) is 5.32 Å². The van der Waals surface area contributed by atoms with E-state index in [0.29, 0.717) is 11.8 Å². The summed E-state index contributed by atoms with van der Waals surface area (Å²) in [5.41, 5.74) is 6.38. The van der Waals surface area contributed by atoms with E-state index < -0.39 is 6.09 Å². The molecule has 0 saturated heterocycles. The molecule has 5 heteroatoms. The molecule has 3 aromatic rings. The minimum absolute atomic E-state index is 0.174. The van der Waals surface area contributed by atoms with E-state index in [0.717, 1.165) is 34.6 Å². The number of ether oxygens (including phenoxy) is 1. The fourth-order valence-corrected chi connectivity index (χ4v) is 4.17. The van der Waals surface area contributed by atoms with Crippen molar-refractivity contribution in [3.8, 4) is 0 Å². The minimum atomic E-state index is -0.441. The van der Waals surface area contributed by atoms with Crippen LogP contribution in [0.5, 0.6) is 0 Å². The number of amides is 1. The second-order valence-corrected chi connectivity index (χ2v) is 9.89. The van der Waals surface area contributed by atoms with Gasteiger partial charge in [-0.2, -0.15) is 0 Å². The number of rotatable bonds is 10. The Kier molecular flexibility index (Phi) is 9.32. The number of hydrogen-bond donors (Lipinski definition) is 2. The highest BCUT2D eigenvalue weighted by molar-refractivity contribution is 5.87. The molecule has 5 nitrogen and oxygen atoms in total. The molecule has 0 saturated carbocycles. The Morgan fingerprint density at radius 1 is 0.829 bits per heavy atom. The fourth-order valence-electron chi connectivity index (χ4n) is 4.17. The van der Waals surface area contributed by atoms with Crippen molar-refractivity contribution < 1.29 is 9.53 Å². The molecule has 0 aliphatic rings. The minimum Gasteiger partial charge on any atom is -0.447 e. The van der Waals surface area contributed by atoms with Gasteiger partial charge in [0.25, 0.3) is 0 Å². The molecule has 1 atom stereocenters. The first kappa shape index (κ1) is 26.3. The molecule has 0 unspecified atom stereocenters. The van der Waals surface area contributed by atoms with Crippen LogP contribution in [0, 0.1) is 0 Å². The van der Waals surface area contributed by atoms with Crippen LogP contribution in [0.3, 0.4) is 0 Å². The van der Waals surface area contributed by atoms with Crippen LogP contribution in [0.25, 0.3) is 0 Å². The number of carbonyl (C=O) groups excluding carboxylic acids is 1. The molecule has 0 heterocycles. The Balaban J connectivity index is 1.73. The number of nitrogens with one attached hydrogen (secondary N) is 2. The smallest absolute Gasteiger partial charge is 0.411 e. The highest BCUT2D eigenvalue weighted by atomic mass is 16.5. The molecular formula is C30H39N3O2. The molecule has 3 aromatic carbocycles. The molecule has 3 rings (SSSR count). The quantitative estimate of drug-likeness (QED) is 0.322. The summed E-state index contributed by atoms with van der Waals surface area (Å²) in [5, 5.41) is 6.58. The monoisotopic (exact) mass is 473 g/mol. The van der Waals surface area contributed by atoms with Gasteiger partial charge in [-0.15, -0.1) is 0 Å². The number of hydrogen-bond acceptors (Lipinski definition) is 4. The highest BCUT2D eigenvalue weighted by Gasteiger charge is 2.19. The van der Waals surface area contributed by atoms with Crippen LogP contribution in [0.2, 0.25) is 0 Å². The molecule has 0 aliphatic carbocycles. The lowest BCUT2D eigenvalue weighted by molar-refractivity contribution is 0.156. The van der Waals surface area contributed by atoms with Crippen LogP contribution in [0.1, 0.15) is 67.8 Å². The van der Waals surface area contributed by atoms with Crippen LogP contribution in [0.15, 0.2) is 72.8 Å². The summed E-state index contributed by atoms with van der Waals surface area (Å²) < 4.78 is 5.76. The molecular weight excluding hydrogens is 434 g/mol. The van der Waals surface area contributed by atoms with E-state index in [1.54, 1.807) is 0 Å². The van der Waals surface area contributed by atoms with Gasteiger partial charge in [-0.05, 0) is 60.3 Å². The Morgan fingerprint density at radius 3 is 1.97 bits per heavy atom. The highest BCUT2D eigenvalue weighted by Crippen LogP contribution is 2.32. The average Bonchev–Trinajstić information content (AvgIpc) is 2.82. The zero-order chi connectivity index (χ0) is 25.4. The number of anilines is 2. The third-order valence-electron chi connectivity index (χ3n) is 5.98. The van der Waals surface area contributed by atoms with Crippen LogP contribution in [-0.2, 0) is 11.3 Å². The Labute approximate surface area is 210 Å². The van der Waals surface area contributed by atoms with Gasteiger partial charge in [0, 0.05) is 12.2 Å². The largest absolute Gasteiger partial charge is 0.447 e. The summed E-state index contributed by atoms with van der Waals surface area (Å²) in [4.78, 5) is 15.1. The van der Waals surface area contributed by atoms with Crippen molar-refractivity contribution in [3.05, 3.63) is 95.1 Å². The molecule has 0 radical (unpaired) electrons. The predicted octanol–water partition coefficient (Wildman–Crippen LogP) is 7.40. The molecule has 0 bridgehead atoms. The van der Waals surface area contributed by atoms with E-state index in [1.165, 1.54) is 5.56 Å². The van der Waals surface area contributed by atoms with Crippen molar-refractivity contribution in [2.75, 3.05) is 31.3 Å². The van der Waals surface area contributed by atoms with Crippen molar-refractivity contribution in [2.24, 2.45) is 0 Å². The SMILES string of the molecule is CC(C)c1cccc(C(C)C)c1NC(=O)OC[C@H](Nc1ccc(CN(C)C)cc1)c1ccccc1. The second-order valence-electron chi connectivity index (χ2n) is 9.89. The third-order valence-corrected chi connectivity index (χ3v) is 5.98. The molecule has 186 valence electrons. The first-order valence-electron chi connectivity index (χ1n) is 12.4. The molecule has 0 spiro atoms. The van der Waals surface area contributed by atoms with E-state index in [2.05, 4.69) is 99.8 Å². The summed E-state index contributed by atoms with van der Waals surface area (Å²) in [6.45, 7) is 9.63. The van der Waals surface area contributed by atoms with Crippen molar-refractivity contribution in [2.45, 2.75) is 52.1 Å². The lowest BCUT2D eigenvalue weighted by atomic mass is 9.93. The van der Waals surface area contributed by atoms with Gasteiger partial charge in [0.1, 0.15) is 6.61 Å². The molecule has 0 aliphatic heterocycles. The lowest BCUT2D eigenvalue weighted by Gasteiger charge is -2.23. The van der Waals surface area contributed by atoms with Gasteiger partial charge in [-0.25, -0.2) is 4.79 Å². The summed E-state index contributed by atoms with van der Waals surface area (Å²) in [6.07, 6.45) is -0.441. The van der Waals surface area contributed by atoms with E-state index >= 15 is 0 Å². The molecule has 0 fully saturated rings. The van der Waals surface area contributed by atoms with Gasteiger partial charge < -0.3 is 15.0 Å². The maximum atomic E-state index is 12.9. The van der Waals surface area contributed by atoms with Crippen LogP contribution < -0.4 is 10.6 Å². The van der Waals surface area contributed by atoms with Gasteiger partial charge >= 0.3 is 6.09 Å². The van der Waals surface area contributed by atoms with Gasteiger partial charge in [0.05, 0.1) is 11.7 Å². The molecule has 2 N–H and O–H groups in total. The number of benzene rings is 3. The van der Waals surface area contributed by atoms with E-state index in [1.807, 2.05) is 30.3 Å². The van der Waals surface area contributed by atoms with E-state index in [4.69, 9.17) is 4.74 Å². The maximum Gasteiger partial charge on any atom is 0.411 e. The molecule has 35 heavy (non-hydrogen) atoms. The van der Waals surface area contributed by atoms with E-state index in [9.17, 15) is 4.79 Å². The van der Waals surface area contributed by atoms with Crippen LogP contribution in [0.4, 0.5) is 16.2 Å². The third kappa shape index (κ3) is 7.59. The number of para-hydroxylation sites is 1. The Morgan fingerprint density at radius 2 is 1.43 bits per heavy atom. The summed E-state index contributed by atoms with van der Waals surface area (Å²) >= 11 is 0. The van der Waals surface area contributed by atoms with Crippen LogP contribution in [-0.4, -0.2) is 31.7 Å². The van der Waals surface area contributed by atoms with Gasteiger partial charge in [0.15, 0.2) is 0 Å². The normalized spacial score (nSPS) is 12.1. The van der Waals surface area contributed by atoms with Gasteiger partial charge in [0.2, 0.25) is 0 Å². The number of nitrogens with zero attached hydrogens (tertiary/aromatic N) is 1. The zero-order valence-electron chi connectivity index (χ0n) is 21.8. The van der Waals surface area contributed by atoms with Crippen LogP contribution >= 0.6 is 0 Å². The Hall–Kier alpha value is -3.31. The van der Waals surface area contributed by atoms with Gasteiger partial charge in [-0.1, -0.05) is 88.4 Å².